The fourth-order valence-electron chi connectivity index (χ4n) is 3.25. The fraction of sp³-hybridized carbons (Fsp3) is 0.611. The van der Waals surface area contributed by atoms with Gasteiger partial charge >= 0.3 is 0 Å². The van der Waals surface area contributed by atoms with Gasteiger partial charge in [0.05, 0.1) is 12.6 Å². The number of benzene rings is 1. The van der Waals surface area contributed by atoms with Crippen molar-refractivity contribution in [3.05, 3.63) is 29.3 Å². The summed E-state index contributed by atoms with van der Waals surface area (Å²) >= 11 is 0. The van der Waals surface area contributed by atoms with E-state index in [1.807, 2.05) is 37.9 Å². The topological polar surface area (TPSA) is 52.6 Å². The van der Waals surface area contributed by atoms with Gasteiger partial charge in [0, 0.05) is 12.2 Å². The zero-order chi connectivity index (χ0) is 16.1. The van der Waals surface area contributed by atoms with Gasteiger partial charge in [0.2, 0.25) is 5.91 Å². The third-order valence-electron chi connectivity index (χ3n) is 4.48. The Labute approximate surface area is 133 Å². The third kappa shape index (κ3) is 4.82. The minimum Gasteiger partial charge on any atom is -0.393 e. The van der Waals surface area contributed by atoms with Crippen molar-refractivity contribution < 1.29 is 9.90 Å². The first-order valence-electron chi connectivity index (χ1n) is 8.19. The van der Waals surface area contributed by atoms with Gasteiger partial charge < -0.3 is 10.4 Å². The number of amides is 1. The highest BCUT2D eigenvalue weighted by Gasteiger charge is 2.24. The molecule has 1 aliphatic rings. The van der Waals surface area contributed by atoms with Crippen LogP contribution in [0, 0.1) is 19.8 Å². The van der Waals surface area contributed by atoms with E-state index in [-0.39, 0.29) is 12.0 Å². The van der Waals surface area contributed by atoms with Crippen LogP contribution in [0.5, 0.6) is 0 Å². The molecule has 1 amide bonds. The lowest BCUT2D eigenvalue weighted by Crippen LogP contribution is -2.38. The van der Waals surface area contributed by atoms with E-state index in [1.165, 1.54) is 12.0 Å². The Bertz CT molecular complexity index is 516. The normalized spacial score (nSPS) is 21.9. The predicted octanol–water partition coefficient (Wildman–Crippen LogP) is 2.72. The fourth-order valence-corrected chi connectivity index (χ4v) is 3.25. The van der Waals surface area contributed by atoms with E-state index in [2.05, 4.69) is 11.4 Å². The lowest BCUT2D eigenvalue weighted by atomic mass is 9.86. The minimum absolute atomic E-state index is 0.000229. The molecule has 1 fully saturated rings. The van der Waals surface area contributed by atoms with Crippen LogP contribution in [0.2, 0.25) is 0 Å². The number of aliphatic hydroxyl groups excluding tert-OH is 1. The number of hydrogen-bond donors (Lipinski definition) is 2. The Kier molecular flexibility index (Phi) is 5.98. The van der Waals surface area contributed by atoms with E-state index in [1.54, 1.807) is 0 Å². The first-order chi connectivity index (χ1) is 10.5. The molecule has 4 nitrogen and oxygen atoms in total. The molecule has 0 aliphatic heterocycles. The van der Waals surface area contributed by atoms with Crippen molar-refractivity contribution in [2.24, 2.45) is 5.92 Å². The highest BCUT2D eigenvalue weighted by Crippen LogP contribution is 2.24. The average Bonchev–Trinajstić information content (AvgIpc) is 2.44. The van der Waals surface area contributed by atoms with E-state index in [9.17, 15) is 9.90 Å². The van der Waals surface area contributed by atoms with Crippen LogP contribution in [-0.4, -0.2) is 42.2 Å². The number of nitrogens with one attached hydrogen (secondary N) is 1. The van der Waals surface area contributed by atoms with E-state index in [0.717, 1.165) is 37.1 Å². The molecule has 0 heterocycles. The van der Waals surface area contributed by atoms with Crippen molar-refractivity contribution in [3.63, 3.8) is 0 Å². The van der Waals surface area contributed by atoms with Crippen molar-refractivity contribution in [3.8, 4) is 0 Å². The molecule has 1 aliphatic carbocycles. The molecular formula is C18H28N2O2. The lowest BCUT2D eigenvalue weighted by Gasteiger charge is -2.31. The number of likely N-dealkylation sites (N-methyl/N-ethyl adjacent to an activating group) is 1. The van der Waals surface area contributed by atoms with Crippen LogP contribution in [0.15, 0.2) is 18.2 Å². The van der Waals surface area contributed by atoms with Gasteiger partial charge in [-0.05, 0) is 51.3 Å². The molecule has 0 bridgehead atoms. The van der Waals surface area contributed by atoms with Gasteiger partial charge in [0.25, 0.3) is 0 Å². The van der Waals surface area contributed by atoms with Crippen LogP contribution in [-0.2, 0) is 4.79 Å². The van der Waals surface area contributed by atoms with Gasteiger partial charge in [-0.15, -0.1) is 0 Å². The van der Waals surface area contributed by atoms with Gasteiger partial charge in [-0.25, -0.2) is 0 Å². The van der Waals surface area contributed by atoms with Crippen molar-refractivity contribution in [2.45, 2.75) is 45.6 Å². The Morgan fingerprint density at radius 1 is 1.32 bits per heavy atom. The largest absolute Gasteiger partial charge is 0.393 e. The maximum atomic E-state index is 12.2. The molecule has 1 aromatic rings. The second-order valence-electron chi connectivity index (χ2n) is 6.68. The molecular weight excluding hydrogens is 276 g/mol. The Hall–Kier alpha value is -1.39. The Morgan fingerprint density at radius 3 is 2.73 bits per heavy atom. The van der Waals surface area contributed by atoms with E-state index in [4.69, 9.17) is 0 Å². The molecule has 0 radical (unpaired) electrons. The molecule has 0 saturated heterocycles. The predicted molar refractivity (Wildman–Crippen MR) is 90.0 cm³/mol. The lowest BCUT2D eigenvalue weighted by molar-refractivity contribution is -0.117. The maximum absolute atomic E-state index is 12.2. The number of anilines is 1. The average molecular weight is 304 g/mol. The van der Waals surface area contributed by atoms with Crippen LogP contribution in [0.1, 0.15) is 36.8 Å². The number of aliphatic hydroxyl groups is 1. The zero-order valence-corrected chi connectivity index (χ0v) is 13.9. The molecule has 2 rings (SSSR count). The van der Waals surface area contributed by atoms with Gasteiger partial charge in [0.1, 0.15) is 0 Å². The first kappa shape index (κ1) is 17.0. The Balaban J connectivity index is 1.83. The molecule has 2 unspecified atom stereocenters. The summed E-state index contributed by atoms with van der Waals surface area (Å²) in [5.41, 5.74) is 3.15. The molecule has 1 aromatic carbocycles. The second-order valence-corrected chi connectivity index (χ2v) is 6.68. The van der Waals surface area contributed by atoms with E-state index < -0.39 is 0 Å². The zero-order valence-electron chi connectivity index (χ0n) is 13.9. The number of aryl methyl sites for hydroxylation is 2. The summed E-state index contributed by atoms with van der Waals surface area (Å²) in [6.45, 7) is 5.19. The summed E-state index contributed by atoms with van der Waals surface area (Å²) in [6, 6.07) is 6.02. The van der Waals surface area contributed by atoms with Gasteiger partial charge in [-0.2, -0.15) is 0 Å². The van der Waals surface area contributed by atoms with Crippen molar-refractivity contribution in [1.29, 1.82) is 0 Å². The van der Waals surface area contributed by atoms with Gasteiger partial charge in [-0.1, -0.05) is 30.5 Å². The van der Waals surface area contributed by atoms with Crippen molar-refractivity contribution in [1.82, 2.24) is 4.90 Å². The molecule has 2 N–H and O–H groups in total. The summed E-state index contributed by atoms with van der Waals surface area (Å²) in [5, 5.41) is 13.0. The van der Waals surface area contributed by atoms with Crippen LogP contribution in [0.25, 0.3) is 0 Å². The number of carbonyl (C=O) groups excluding carboxylic acids is 1. The van der Waals surface area contributed by atoms with Gasteiger partial charge in [0.15, 0.2) is 0 Å². The molecule has 1 saturated carbocycles. The first-order valence-corrected chi connectivity index (χ1v) is 8.19. The van der Waals surface area contributed by atoms with Crippen LogP contribution in [0.4, 0.5) is 5.69 Å². The minimum atomic E-state index is -0.210. The number of nitrogens with zero attached hydrogens (tertiary/aromatic N) is 1. The highest BCUT2D eigenvalue weighted by atomic mass is 16.3. The highest BCUT2D eigenvalue weighted by molar-refractivity contribution is 5.92. The van der Waals surface area contributed by atoms with Crippen LogP contribution < -0.4 is 5.32 Å². The Morgan fingerprint density at radius 2 is 2.05 bits per heavy atom. The molecule has 2 atom stereocenters. The van der Waals surface area contributed by atoms with E-state index in [0.29, 0.717) is 12.5 Å². The molecule has 0 aromatic heterocycles. The van der Waals surface area contributed by atoms with Crippen LogP contribution in [0.3, 0.4) is 0 Å². The van der Waals surface area contributed by atoms with Crippen molar-refractivity contribution in [2.75, 3.05) is 25.5 Å². The summed E-state index contributed by atoms with van der Waals surface area (Å²) in [7, 11) is 1.95. The quantitative estimate of drug-likeness (QED) is 0.879. The molecule has 22 heavy (non-hydrogen) atoms. The van der Waals surface area contributed by atoms with E-state index >= 15 is 0 Å². The molecule has 122 valence electrons. The number of hydrogen-bond acceptors (Lipinski definition) is 3. The summed E-state index contributed by atoms with van der Waals surface area (Å²) in [5.74, 6) is 0.299. The number of rotatable bonds is 5. The van der Waals surface area contributed by atoms with Crippen LogP contribution >= 0.6 is 0 Å². The number of carbonyl (C=O) groups is 1. The smallest absolute Gasteiger partial charge is 0.238 e. The monoisotopic (exact) mass is 304 g/mol. The third-order valence-corrected chi connectivity index (χ3v) is 4.48. The molecule has 0 spiro atoms. The summed E-state index contributed by atoms with van der Waals surface area (Å²) in [4.78, 5) is 14.2. The molecule has 4 heteroatoms. The van der Waals surface area contributed by atoms with Crippen molar-refractivity contribution >= 4 is 11.6 Å². The summed E-state index contributed by atoms with van der Waals surface area (Å²) in [6.07, 6.45) is 4.05. The maximum Gasteiger partial charge on any atom is 0.238 e. The standard InChI is InChI=1S/C18H28N2O2/c1-13-8-9-16(14(2)10-13)19-18(22)12-20(3)11-15-6-4-5-7-17(15)21/h8-10,15,17,21H,4-7,11-12H2,1-3H3,(H,19,22). The summed E-state index contributed by atoms with van der Waals surface area (Å²) < 4.78 is 0. The second kappa shape index (κ2) is 7.75. The SMILES string of the molecule is Cc1ccc(NC(=O)CN(C)CC2CCCCC2O)c(C)c1. The van der Waals surface area contributed by atoms with Gasteiger partial charge in [-0.3, -0.25) is 9.69 Å².